The lowest BCUT2D eigenvalue weighted by molar-refractivity contribution is -0.238. The highest BCUT2D eigenvalue weighted by Crippen LogP contribution is 2.73. The van der Waals surface area contributed by atoms with Crippen LogP contribution < -0.4 is 0 Å². The zero-order valence-electron chi connectivity index (χ0n) is 23.8. The van der Waals surface area contributed by atoms with Gasteiger partial charge in [-0.1, -0.05) is 66.2 Å². The molecule has 0 N–H and O–H groups in total. The SMILES string of the molecule is CCC(=O)O[C@H]1[C@@H](OC(=O)CC)[C@@]2(C)C3=CC[C@@H](c4ccoc4)[C@]3(C)CC[C@@H]2[C@@]2(C)C=CC(=O)C(C)(C)[C@H]12. The molecule has 5 rings (SSSR count). The number of ether oxygens (including phenoxy) is 2. The van der Waals surface area contributed by atoms with E-state index in [9.17, 15) is 14.4 Å². The zero-order chi connectivity index (χ0) is 27.7. The smallest absolute Gasteiger partial charge is 0.305 e. The number of hydrogen-bond donors (Lipinski definition) is 0. The second kappa shape index (κ2) is 8.96. The van der Waals surface area contributed by atoms with E-state index in [4.69, 9.17) is 13.9 Å². The van der Waals surface area contributed by atoms with Crippen molar-refractivity contribution in [1.82, 2.24) is 0 Å². The van der Waals surface area contributed by atoms with E-state index in [1.807, 2.05) is 20.1 Å². The molecule has 0 aliphatic heterocycles. The van der Waals surface area contributed by atoms with Gasteiger partial charge in [-0.05, 0) is 59.6 Å². The first kappa shape index (κ1) is 27.0. The van der Waals surface area contributed by atoms with Crippen molar-refractivity contribution in [3.8, 4) is 0 Å². The first-order valence-corrected chi connectivity index (χ1v) is 14.2. The third-order valence-corrected chi connectivity index (χ3v) is 10.9. The number of allylic oxidation sites excluding steroid dienone is 3. The quantitative estimate of drug-likeness (QED) is 0.322. The lowest BCUT2D eigenvalue weighted by Gasteiger charge is -2.67. The van der Waals surface area contributed by atoms with Gasteiger partial charge in [0.2, 0.25) is 0 Å². The van der Waals surface area contributed by atoms with E-state index in [1.54, 1.807) is 26.2 Å². The molecule has 0 spiro atoms. The molecule has 4 aliphatic rings. The molecule has 6 heteroatoms. The minimum atomic E-state index is -0.787. The maximum atomic E-state index is 13.3. The summed E-state index contributed by atoms with van der Waals surface area (Å²) in [6.45, 7) is 14.2. The summed E-state index contributed by atoms with van der Waals surface area (Å²) in [6.07, 6.45) is 11.5. The third-order valence-electron chi connectivity index (χ3n) is 10.9. The molecule has 2 saturated carbocycles. The highest BCUT2D eigenvalue weighted by atomic mass is 16.6. The highest BCUT2D eigenvalue weighted by Gasteiger charge is 2.72. The Balaban J connectivity index is 1.72. The molecule has 206 valence electrons. The van der Waals surface area contributed by atoms with Crippen molar-refractivity contribution < 1.29 is 28.3 Å². The van der Waals surface area contributed by atoms with Crippen molar-refractivity contribution in [2.24, 2.45) is 33.5 Å². The van der Waals surface area contributed by atoms with Crippen LogP contribution in [0.15, 0.2) is 46.8 Å². The van der Waals surface area contributed by atoms with E-state index in [0.29, 0.717) is 0 Å². The second-order valence-electron chi connectivity index (χ2n) is 13.1. The predicted octanol–water partition coefficient (Wildman–Crippen LogP) is 6.56. The summed E-state index contributed by atoms with van der Waals surface area (Å²) in [5.74, 6) is -0.612. The topological polar surface area (TPSA) is 82.8 Å². The Morgan fingerprint density at radius 1 is 1.05 bits per heavy atom. The number of ketones is 1. The standard InChI is InChI=1S/C32H42O6/c1-8-24(34)37-26-27-29(3,4)23(33)13-16-31(27,6)22-12-15-30(5)20(19-14-17-36-18-19)10-11-21(30)32(22,7)28(26)38-25(35)9-2/h11,13-14,16-18,20,22,26-28H,8-10,12,15H2,1-7H3/t20-,22+,26+,27-,28+,30-,31+,32-/m0/s1. The lowest BCUT2D eigenvalue weighted by Crippen LogP contribution is -2.70. The highest BCUT2D eigenvalue weighted by molar-refractivity contribution is 5.96. The normalized spacial score (nSPS) is 41.0. The van der Waals surface area contributed by atoms with Crippen LogP contribution in [0.4, 0.5) is 0 Å². The molecule has 38 heavy (non-hydrogen) atoms. The van der Waals surface area contributed by atoms with Gasteiger partial charge < -0.3 is 13.9 Å². The van der Waals surface area contributed by atoms with Crippen LogP contribution in [0.25, 0.3) is 0 Å². The van der Waals surface area contributed by atoms with Crippen molar-refractivity contribution >= 4 is 17.7 Å². The first-order chi connectivity index (χ1) is 17.9. The van der Waals surface area contributed by atoms with E-state index in [2.05, 4.69) is 39.0 Å². The Hall–Kier alpha value is -2.63. The Morgan fingerprint density at radius 2 is 1.74 bits per heavy atom. The Morgan fingerprint density at radius 3 is 2.37 bits per heavy atom. The Labute approximate surface area is 226 Å². The first-order valence-electron chi connectivity index (χ1n) is 14.2. The van der Waals surface area contributed by atoms with Crippen LogP contribution in [0.5, 0.6) is 0 Å². The lowest BCUT2D eigenvalue weighted by atomic mass is 9.37. The number of rotatable bonds is 5. The van der Waals surface area contributed by atoms with Crippen molar-refractivity contribution in [2.75, 3.05) is 0 Å². The molecule has 8 atom stereocenters. The van der Waals surface area contributed by atoms with Gasteiger partial charge in [-0.15, -0.1) is 0 Å². The summed E-state index contributed by atoms with van der Waals surface area (Å²) < 4.78 is 18.1. The van der Waals surface area contributed by atoms with Gasteiger partial charge in [0.1, 0.15) is 12.2 Å². The maximum absolute atomic E-state index is 13.3. The fourth-order valence-electron chi connectivity index (χ4n) is 9.18. The van der Waals surface area contributed by atoms with Gasteiger partial charge in [0.15, 0.2) is 5.78 Å². The molecular weight excluding hydrogens is 480 g/mol. The maximum Gasteiger partial charge on any atom is 0.305 e. The molecule has 0 unspecified atom stereocenters. The summed E-state index contributed by atoms with van der Waals surface area (Å²) in [7, 11) is 0. The van der Waals surface area contributed by atoms with Crippen LogP contribution >= 0.6 is 0 Å². The zero-order valence-corrected chi connectivity index (χ0v) is 23.8. The molecule has 2 fully saturated rings. The van der Waals surface area contributed by atoms with E-state index < -0.39 is 28.5 Å². The number of carbonyl (C=O) groups is 3. The molecule has 0 radical (unpaired) electrons. The van der Waals surface area contributed by atoms with E-state index >= 15 is 0 Å². The summed E-state index contributed by atoms with van der Waals surface area (Å²) >= 11 is 0. The fraction of sp³-hybridized carbons (Fsp3) is 0.656. The van der Waals surface area contributed by atoms with E-state index in [0.717, 1.165) is 19.3 Å². The number of esters is 2. The minimum absolute atomic E-state index is 0.0162. The Bertz CT molecular complexity index is 1190. The van der Waals surface area contributed by atoms with Crippen molar-refractivity contribution in [1.29, 1.82) is 0 Å². The molecule has 6 nitrogen and oxygen atoms in total. The van der Waals surface area contributed by atoms with Gasteiger partial charge in [0.05, 0.1) is 12.5 Å². The molecular formula is C32H42O6. The largest absolute Gasteiger partial charge is 0.472 e. The van der Waals surface area contributed by atoms with Crippen molar-refractivity contribution in [3.63, 3.8) is 0 Å². The monoisotopic (exact) mass is 522 g/mol. The van der Waals surface area contributed by atoms with E-state index in [-0.39, 0.29) is 53.7 Å². The summed E-state index contributed by atoms with van der Waals surface area (Å²) in [5.41, 5.74) is 0.502. The average Bonchev–Trinajstić information content (AvgIpc) is 3.51. The van der Waals surface area contributed by atoms with Crippen LogP contribution in [-0.4, -0.2) is 29.9 Å². The summed E-state index contributed by atoms with van der Waals surface area (Å²) in [6, 6.07) is 2.05. The second-order valence-corrected chi connectivity index (χ2v) is 13.1. The van der Waals surface area contributed by atoms with Crippen molar-refractivity contribution in [3.05, 3.63) is 48.0 Å². The molecule has 0 saturated heterocycles. The minimum Gasteiger partial charge on any atom is -0.472 e. The van der Waals surface area contributed by atoms with Crippen LogP contribution in [0.1, 0.15) is 92.1 Å². The van der Waals surface area contributed by atoms with Gasteiger partial charge in [-0.3, -0.25) is 14.4 Å². The molecule has 1 aromatic heterocycles. The number of carbonyl (C=O) groups excluding carboxylic acids is 3. The van der Waals surface area contributed by atoms with Gasteiger partial charge in [-0.2, -0.15) is 0 Å². The molecule has 1 aromatic rings. The van der Waals surface area contributed by atoms with Gasteiger partial charge >= 0.3 is 11.9 Å². The van der Waals surface area contributed by atoms with Crippen LogP contribution in [0.3, 0.4) is 0 Å². The Kier molecular flexibility index (Phi) is 6.35. The van der Waals surface area contributed by atoms with Gasteiger partial charge in [0, 0.05) is 29.6 Å². The molecule has 0 aromatic carbocycles. The molecule has 0 bridgehead atoms. The summed E-state index contributed by atoms with van der Waals surface area (Å²) in [4.78, 5) is 39.2. The number of furan rings is 1. The average molecular weight is 523 g/mol. The van der Waals surface area contributed by atoms with E-state index in [1.165, 1.54) is 11.1 Å². The van der Waals surface area contributed by atoms with Crippen LogP contribution in [0.2, 0.25) is 0 Å². The van der Waals surface area contributed by atoms with Crippen LogP contribution in [-0.2, 0) is 23.9 Å². The molecule has 0 amide bonds. The summed E-state index contributed by atoms with van der Waals surface area (Å²) in [5, 5.41) is 0. The molecule has 1 heterocycles. The van der Waals surface area contributed by atoms with Gasteiger partial charge in [0.25, 0.3) is 0 Å². The van der Waals surface area contributed by atoms with Gasteiger partial charge in [-0.25, -0.2) is 0 Å². The predicted molar refractivity (Wildman–Crippen MR) is 143 cm³/mol. The third kappa shape index (κ3) is 3.54. The fourth-order valence-corrected chi connectivity index (χ4v) is 9.18. The van der Waals surface area contributed by atoms with Crippen molar-refractivity contribution in [2.45, 2.75) is 98.7 Å². The van der Waals surface area contributed by atoms with Crippen LogP contribution in [0, 0.1) is 33.5 Å². The molecule has 4 aliphatic carbocycles. The number of fused-ring (bicyclic) bond motifs is 5. The number of hydrogen-bond acceptors (Lipinski definition) is 6.